The third-order valence-electron chi connectivity index (χ3n) is 4.33. The maximum absolute atomic E-state index is 11.0. The number of non-ortho nitro benzene ring substituents is 1. The molecule has 2 aromatic heterocycles. The van der Waals surface area contributed by atoms with Gasteiger partial charge < -0.3 is 4.42 Å². The average molecular weight is 468 g/mol. The number of hydrogen-bond donors (Lipinski definition) is 0. The molecule has 0 spiro atoms. The zero-order valence-electron chi connectivity index (χ0n) is 15.6. The normalized spacial score (nSPS) is 11.3. The van der Waals surface area contributed by atoms with E-state index in [0.29, 0.717) is 49.0 Å². The van der Waals surface area contributed by atoms with Crippen LogP contribution in [-0.2, 0) is 0 Å². The molecule has 9 heteroatoms. The third kappa shape index (κ3) is 4.37. The van der Waals surface area contributed by atoms with Gasteiger partial charge in [-0.2, -0.15) is 5.26 Å². The van der Waals surface area contributed by atoms with Crippen molar-refractivity contribution in [1.82, 2.24) is 4.98 Å². The van der Waals surface area contributed by atoms with Crippen molar-refractivity contribution in [2.75, 3.05) is 0 Å². The lowest BCUT2D eigenvalue weighted by Crippen LogP contribution is -1.88. The zero-order valence-corrected chi connectivity index (χ0v) is 17.9. The summed E-state index contributed by atoms with van der Waals surface area (Å²) in [4.78, 5) is 15.0. The van der Waals surface area contributed by atoms with Crippen LogP contribution < -0.4 is 0 Å². The molecule has 0 aliphatic heterocycles. The van der Waals surface area contributed by atoms with Crippen molar-refractivity contribution in [2.24, 2.45) is 0 Å². The van der Waals surface area contributed by atoms with Crippen LogP contribution >= 0.6 is 34.5 Å². The van der Waals surface area contributed by atoms with Gasteiger partial charge in [-0.05, 0) is 24.3 Å². The van der Waals surface area contributed by atoms with Crippen LogP contribution in [0.3, 0.4) is 0 Å². The summed E-state index contributed by atoms with van der Waals surface area (Å²) in [6, 6.07) is 16.9. The van der Waals surface area contributed by atoms with Gasteiger partial charge in [0, 0.05) is 29.2 Å². The minimum atomic E-state index is -0.461. The van der Waals surface area contributed by atoms with Crippen LogP contribution in [0.25, 0.3) is 34.2 Å². The van der Waals surface area contributed by atoms with Crippen molar-refractivity contribution in [1.29, 1.82) is 5.26 Å². The monoisotopic (exact) mass is 467 g/mol. The Kier molecular flexibility index (Phi) is 5.87. The Bertz CT molecular complexity index is 1350. The van der Waals surface area contributed by atoms with Crippen LogP contribution in [0.1, 0.15) is 10.8 Å². The van der Waals surface area contributed by atoms with Gasteiger partial charge in [0.05, 0.1) is 31.8 Å². The molecule has 0 saturated heterocycles. The largest absolute Gasteiger partial charge is 0.457 e. The molecule has 0 aliphatic rings. The van der Waals surface area contributed by atoms with Crippen LogP contribution in [-0.4, -0.2) is 9.91 Å². The molecule has 4 aromatic rings. The molecular formula is C22H11Cl2N3O3S. The fraction of sp³-hybridized carbons (Fsp3) is 0. The van der Waals surface area contributed by atoms with Crippen molar-refractivity contribution in [3.05, 3.63) is 90.9 Å². The van der Waals surface area contributed by atoms with Crippen LogP contribution in [0.4, 0.5) is 5.69 Å². The maximum Gasteiger partial charge on any atom is 0.270 e. The summed E-state index contributed by atoms with van der Waals surface area (Å²) in [7, 11) is 0. The van der Waals surface area contributed by atoms with E-state index in [1.807, 2.05) is 0 Å². The topological polar surface area (TPSA) is 93.0 Å². The Morgan fingerprint density at radius 1 is 1.16 bits per heavy atom. The van der Waals surface area contributed by atoms with E-state index >= 15 is 0 Å². The van der Waals surface area contributed by atoms with E-state index in [1.54, 1.807) is 53.9 Å². The Morgan fingerprint density at radius 2 is 1.90 bits per heavy atom. The van der Waals surface area contributed by atoms with Gasteiger partial charge in [-0.15, -0.1) is 11.3 Å². The molecule has 0 bridgehead atoms. The fourth-order valence-corrected chi connectivity index (χ4v) is 4.27. The minimum absolute atomic E-state index is 0.0237. The molecule has 2 aromatic carbocycles. The second-order valence-electron chi connectivity index (χ2n) is 6.31. The number of hydrogen-bond acceptors (Lipinski definition) is 6. The molecule has 0 saturated carbocycles. The molecular weight excluding hydrogens is 457 g/mol. The lowest BCUT2D eigenvalue weighted by atomic mass is 10.1. The molecule has 0 atom stereocenters. The summed E-state index contributed by atoms with van der Waals surface area (Å²) >= 11 is 13.7. The van der Waals surface area contributed by atoms with Gasteiger partial charge in [0.15, 0.2) is 0 Å². The summed E-state index contributed by atoms with van der Waals surface area (Å²) in [5.41, 5.74) is 2.00. The number of nitriles is 1. The van der Waals surface area contributed by atoms with E-state index in [2.05, 4.69) is 11.1 Å². The fourth-order valence-electron chi connectivity index (χ4n) is 2.89. The first-order chi connectivity index (χ1) is 15.0. The Balaban J connectivity index is 1.65. The molecule has 6 nitrogen and oxygen atoms in total. The standard InChI is InChI=1S/C22H11Cl2N3O3S/c23-17-5-2-6-18(24)21(17)20-8-7-16(30-20)10-14(11-25)22-26-19(12-31-22)13-3-1-4-15(9-13)27(28)29/h1-10,12H/b14-10+. The first-order valence-corrected chi connectivity index (χ1v) is 10.5. The van der Waals surface area contributed by atoms with Gasteiger partial charge in [-0.1, -0.05) is 41.4 Å². The second-order valence-corrected chi connectivity index (χ2v) is 7.99. The van der Waals surface area contributed by atoms with E-state index in [0.717, 1.165) is 0 Å². The first-order valence-electron chi connectivity index (χ1n) is 8.83. The van der Waals surface area contributed by atoms with Gasteiger partial charge >= 0.3 is 0 Å². The number of nitro benzene ring substituents is 1. The van der Waals surface area contributed by atoms with E-state index in [-0.39, 0.29) is 5.69 Å². The molecule has 0 radical (unpaired) electrons. The number of benzene rings is 2. The predicted octanol–water partition coefficient (Wildman–Crippen LogP) is 7.35. The van der Waals surface area contributed by atoms with Crippen molar-refractivity contribution < 1.29 is 9.34 Å². The summed E-state index contributed by atoms with van der Waals surface area (Å²) in [6.45, 7) is 0. The van der Waals surface area contributed by atoms with Crippen molar-refractivity contribution in [3.63, 3.8) is 0 Å². The molecule has 152 valence electrons. The maximum atomic E-state index is 11.0. The highest BCUT2D eigenvalue weighted by molar-refractivity contribution is 7.11. The highest BCUT2D eigenvalue weighted by atomic mass is 35.5. The number of allylic oxidation sites excluding steroid dienone is 1. The summed E-state index contributed by atoms with van der Waals surface area (Å²) in [6.07, 6.45) is 1.57. The highest BCUT2D eigenvalue weighted by Gasteiger charge is 2.15. The highest BCUT2D eigenvalue weighted by Crippen LogP contribution is 2.36. The van der Waals surface area contributed by atoms with Crippen LogP contribution in [0, 0.1) is 21.4 Å². The molecule has 0 fully saturated rings. The quantitative estimate of drug-likeness (QED) is 0.173. The van der Waals surface area contributed by atoms with Crippen molar-refractivity contribution >= 4 is 51.9 Å². The Hall–Kier alpha value is -3.44. The van der Waals surface area contributed by atoms with Gasteiger partial charge in [0.1, 0.15) is 22.6 Å². The second kappa shape index (κ2) is 8.74. The van der Waals surface area contributed by atoms with Gasteiger partial charge in [0.25, 0.3) is 5.69 Å². The average Bonchev–Trinajstić information content (AvgIpc) is 3.42. The smallest absolute Gasteiger partial charge is 0.270 e. The van der Waals surface area contributed by atoms with Gasteiger partial charge in [-0.3, -0.25) is 10.1 Å². The number of aromatic nitrogens is 1. The molecule has 0 amide bonds. The van der Waals surface area contributed by atoms with Crippen LogP contribution in [0.2, 0.25) is 10.0 Å². The lowest BCUT2D eigenvalue weighted by Gasteiger charge is -2.02. The number of rotatable bonds is 5. The molecule has 0 N–H and O–H groups in total. The number of thiazole rings is 1. The predicted molar refractivity (Wildman–Crippen MR) is 122 cm³/mol. The molecule has 4 rings (SSSR count). The summed E-state index contributed by atoms with van der Waals surface area (Å²) in [5.74, 6) is 0.921. The number of nitro groups is 1. The number of nitrogens with zero attached hydrogens (tertiary/aromatic N) is 3. The first kappa shape index (κ1) is 20.8. The molecule has 0 unspecified atom stereocenters. The van der Waals surface area contributed by atoms with Crippen LogP contribution in [0.5, 0.6) is 0 Å². The minimum Gasteiger partial charge on any atom is -0.457 e. The van der Waals surface area contributed by atoms with Gasteiger partial charge in [-0.25, -0.2) is 4.98 Å². The number of halogens is 2. The van der Waals surface area contributed by atoms with E-state index in [9.17, 15) is 15.4 Å². The Labute approximate surface area is 190 Å². The van der Waals surface area contributed by atoms with E-state index in [1.165, 1.54) is 23.5 Å². The third-order valence-corrected chi connectivity index (χ3v) is 5.84. The van der Waals surface area contributed by atoms with E-state index < -0.39 is 4.92 Å². The SMILES string of the molecule is N#C/C(=C\c1ccc(-c2c(Cl)cccc2Cl)o1)c1nc(-c2cccc([N+](=O)[O-])c2)cs1. The van der Waals surface area contributed by atoms with Crippen molar-refractivity contribution in [2.45, 2.75) is 0 Å². The zero-order chi connectivity index (χ0) is 22.0. The lowest BCUT2D eigenvalue weighted by molar-refractivity contribution is -0.384. The number of furan rings is 1. The molecule has 2 heterocycles. The molecule has 31 heavy (non-hydrogen) atoms. The van der Waals surface area contributed by atoms with Gasteiger partial charge in [0.2, 0.25) is 0 Å². The Morgan fingerprint density at radius 3 is 2.61 bits per heavy atom. The summed E-state index contributed by atoms with van der Waals surface area (Å²) < 4.78 is 5.82. The summed E-state index contributed by atoms with van der Waals surface area (Å²) in [5, 5.41) is 23.8. The van der Waals surface area contributed by atoms with E-state index in [4.69, 9.17) is 27.6 Å². The van der Waals surface area contributed by atoms with Crippen molar-refractivity contribution in [3.8, 4) is 28.7 Å². The van der Waals surface area contributed by atoms with Crippen LogP contribution in [0.15, 0.2) is 64.4 Å². The molecule has 0 aliphatic carbocycles.